The van der Waals surface area contributed by atoms with Crippen molar-refractivity contribution in [2.24, 2.45) is 4.99 Å². The van der Waals surface area contributed by atoms with Crippen molar-refractivity contribution in [1.82, 2.24) is 9.80 Å². The molecule has 0 aliphatic carbocycles. The Bertz CT molecular complexity index is 1480. The van der Waals surface area contributed by atoms with Gasteiger partial charge in [-0.25, -0.2) is 8.42 Å². The van der Waals surface area contributed by atoms with E-state index in [-0.39, 0.29) is 10.8 Å². The smallest absolute Gasteiger partial charge is 0.264 e. The van der Waals surface area contributed by atoms with Gasteiger partial charge < -0.3 is 4.90 Å². The first-order valence-corrected chi connectivity index (χ1v) is 14.6. The van der Waals surface area contributed by atoms with Gasteiger partial charge in [0.25, 0.3) is 15.9 Å². The van der Waals surface area contributed by atoms with Gasteiger partial charge in [-0.1, -0.05) is 48.0 Å². The second-order valence-corrected chi connectivity index (χ2v) is 11.5. The van der Waals surface area contributed by atoms with Gasteiger partial charge in [0.05, 0.1) is 5.69 Å². The number of hydrogen-bond acceptors (Lipinski definition) is 5. The summed E-state index contributed by atoms with van der Waals surface area (Å²) in [6.07, 6.45) is 4.51. The Morgan fingerprint density at radius 3 is 2.51 bits per heavy atom. The molecule has 1 fully saturated rings. The minimum absolute atomic E-state index is 0.0447. The predicted molar refractivity (Wildman–Crippen MR) is 159 cm³/mol. The van der Waals surface area contributed by atoms with Crippen LogP contribution in [-0.4, -0.2) is 57.0 Å². The van der Waals surface area contributed by atoms with Crippen LogP contribution in [0, 0.1) is 13.8 Å². The van der Waals surface area contributed by atoms with Crippen molar-refractivity contribution in [2.75, 3.05) is 30.9 Å². The summed E-state index contributed by atoms with van der Waals surface area (Å²) in [5.41, 5.74) is 5.74. The highest BCUT2D eigenvalue weighted by molar-refractivity contribution is 7.92. The average molecular weight is 545 g/mol. The van der Waals surface area contributed by atoms with Crippen LogP contribution >= 0.6 is 0 Å². The number of sulfonamides is 1. The molecule has 3 aromatic carbocycles. The van der Waals surface area contributed by atoms with Crippen LogP contribution in [0.2, 0.25) is 0 Å². The van der Waals surface area contributed by atoms with Crippen LogP contribution in [0.4, 0.5) is 11.4 Å². The number of para-hydroxylation sites is 1. The molecule has 1 N–H and O–H groups in total. The number of rotatable bonds is 8. The Labute approximate surface area is 231 Å². The molecule has 0 radical (unpaired) electrons. The van der Waals surface area contributed by atoms with E-state index in [1.54, 1.807) is 42.5 Å². The van der Waals surface area contributed by atoms with E-state index < -0.39 is 10.0 Å². The van der Waals surface area contributed by atoms with Crippen molar-refractivity contribution in [2.45, 2.75) is 38.6 Å². The lowest BCUT2D eigenvalue weighted by Crippen LogP contribution is -2.35. The first-order chi connectivity index (χ1) is 18.7. The summed E-state index contributed by atoms with van der Waals surface area (Å²) in [6, 6.07) is 18.1. The molecule has 1 aliphatic rings. The number of aliphatic imine (C=N–C) groups is 1. The summed E-state index contributed by atoms with van der Waals surface area (Å²) in [7, 11) is -3.91. The van der Waals surface area contributed by atoms with Crippen LogP contribution in [-0.2, 0) is 16.6 Å². The number of carbonyl (C=O) groups excluding carboxylic acids is 1. The number of anilines is 1. The maximum atomic E-state index is 13.3. The zero-order chi connectivity index (χ0) is 28.0. The first kappa shape index (κ1) is 28.3. The van der Waals surface area contributed by atoms with E-state index in [0.717, 1.165) is 26.1 Å². The van der Waals surface area contributed by atoms with Crippen molar-refractivity contribution in [1.29, 1.82) is 0 Å². The molecule has 3 aromatic rings. The van der Waals surface area contributed by atoms with Crippen molar-refractivity contribution >= 4 is 40.1 Å². The molecule has 1 saturated heterocycles. The molecule has 1 amide bonds. The first-order valence-electron chi connectivity index (χ1n) is 13.1. The normalized spacial score (nSPS) is 14.8. The topological polar surface area (TPSA) is 82.1 Å². The molecule has 0 unspecified atom stereocenters. The lowest BCUT2D eigenvalue weighted by atomic mass is 10.1. The third-order valence-corrected chi connectivity index (χ3v) is 8.40. The molecule has 0 aromatic heterocycles. The van der Waals surface area contributed by atoms with Crippen molar-refractivity contribution < 1.29 is 13.2 Å². The zero-order valence-corrected chi connectivity index (χ0v) is 23.7. The average Bonchev–Trinajstić information content (AvgIpc) is 3.16. The monoisotopic (exact) mass is 544 g/mol. The number of amides is 1. The Hall–Kier alpha value is -3.75. The Morgan fingerprint density at radius 2 is 1.79 bits per heavy atom. The molecule has 204 valence electrons. The summed E-state index contributed by atoms with van der Waals surface area (Å²) in [4.78, 5) is 21.6. The second-order valence-electron chi connectivity index (χ2n) is 9.89. The molecular formula is C31H36N4O3S. The van der Waals surface area contributed by atoms with Gasteiger partial charge in [-0.3, -0.25) is 19.4 Å². The van der Waals surface area contributed by atoms with E-state index in [1.165, 1.54) is 22.8 Å². The molecule has 0 saturated carbocycles. The van der Waals surface area contributed by atoms with Crippen LogP contribution in [0.25, 0.3) is 6.08 Å². The summed E-state index contributed by atoms with van der Waals surface area (Å²) in [5.74, 6) is -0.0461. The predicted octanol–water partition coefficient (Wildman–Crippen LogP) is 5.82. The Morgan fingerprint density at radius 1 is 1.03 bits per heavy atom. The van der Waals surface area contributed by atoms with Gasteiger partial charge in [0.2, 0.25) is 0 Å². The van der Waals surface area contributed by atoms with Crippen molar-refractivity contribution in [3.05, 3.63) is 94.6 Å². The molecule has 39 heavy (non-hydrogen) atoms. The SMILES string of the molecule is C=Nc1c(/C=C\C)cccc1S(=O)(=O)Nc1ccc(C(=O)N2CCCN(Cc3cc(C)ccc3C)CC2)cc1. The number of nitrogens with zero attached hydrogens (tertiary/aromatic N) is 3. The van der Waals surface area contributed by atoms with Gasteiger partial charge >= 0.3 is 0 Å². The number of hydrogen-bond donors (Lipinski definition) is 1. The second kappa shape index (κ2) is 12.4. The van der Waals surface area contributed by atoms with Crippen LogP contribution in [0.3, 0.4) is 0 Å². The number of allylic oxidation sites excluding steroid dienone is 1. The molecule has 4 rings (SSSR count). The lowest BCUT2D eigenvalue weighted by molar-refractivity contribution is 0.0761. The molecule has 0 atom stereocenters. The standard InChI is InChI=1S/C31H36N4O3S/c1-5-8-25-9-6-10-29(30(25)32-4)39(37,38)33-28-15-13-26(14-16-28)31(36)35-18-7-17-34(19-20-35)22-27-21-23(2)11-12-24(27)3/h5-6,8-16,21,33H,4,7,17-20,22H2,1-3H3/b8-5-. The van der Waals surface area contributed by atoms with Crippen molar-refractivity contribution in [3.63, 3.8) is 0 Å². The Kier molecular flexibility index (Phi) is 8.99. The van der Waals surface area contributed by atoms with E-state index >= 15 is 0 Å². The van der Waals surface area contributed by atoms with E-state index in [1.807, 2.05) is 17.9 Å². The van der Waals surface area contributed by atoms with E-state index in [4.69, 9.17) is 0 Å². The quantitative estimate of drug-likeness (QED) is 0.363. The van der Waals surface area contributed by atoms with Crippen LogP contribution in [0.15, 0.2) is 76.6 Å². The van der Waals surface area contributed by atoms with Gasteiger partial charge in [0.15, 0.2) is 0 Å². The fourth-order valence-corrected chi connectivity index (χ4v) is 6.11. The molecular weight excluding hydrogens is 508 g/mol. The number of aryl methyl sites for hydroxylation is 2. The highest BCUT2D eigenvalue weighted by atomic mass is 32.2. The Balaban J connectivity index is 1.41. The highest BCUT2D eigenvalue weighted by Gasteiger charge is 2.22. The molecule has 8 heteroatoms. The van der Waals surface area contributed by atoms with E-state index in [2.05, 4.69) is 53.4 Å². The molecule has 1 heterocycles. The third-order valence-electron chi connectivity index (χ3n) is 6.98. The fraction of sp³-hybridized carbons (Fsp3) is 0.290. The highest BCUT2D eigenvalue weighted by Crippen LogP contribution is 2.30. The summed E-state index contributed by atoms with van der Waals surface area (Å²) >= 11 is 0. The summed E-state index contributed by atoms with van der Waals surface area (Å²) < 4.78 is 28.9. The minimum atomic E-state index is -3.91. The minimum Gasteiger partial charge on any atom is -0.337 e. The maximum Gasteiger partial charge on any atom is 0.264 e. The maximum absolute atomic E-state index is 13.3. The molecule has 0 bridgehead atoms. The van der Waals surface area contributed by atoms with Gasteiger partial charge in [0.1, 0.15) is 4.90 Å². The molecule has 0 spiro atoms. The number of benzene rings is 3. The number of carbonyl (C=O) groups is 1. The summed E-state index contributed by atoms with van der Waals surface area (Å²) in [6.45, 7) is 13.6. The van der Waals surface area contributed by atoms with Crippen molar-refractivity contribution in [3.8, 4) is 0 Å². The largest absolute Gasteiger partial charge is 0.337 e. The molecule has 7 nitrogen and oxygen atoms in total. The zero-order valence-electron chi connectivity index (χ0n) is 22.9. The van der Waals surface area contributed by atoms with Gasteiger partial charge in [0, 0.05) is 49.5 Å². The van der Waals surface area contributed by atoms with Crippen LogP contribution < -0.4 is 4.72 Å². The molecule has 1 aliphatic heterocycles. The van der Waals surface area contributed by atoms with Gasteiger partial charge in [-0.05, 0) is 75.4 Å². The van der Waals surface area contributed by atoms with Gasteiger partial charge in [-0.2, -0.15) is 0 Å². The third kappa shape index (κ3) is 6.82. The van der Waals surface area contributed by atoms with Gasteiger partial charge in [-0.15, -0.1) is 0 Å². The van der Waals surface area contributed by atoms with Crippen LogP contribution in [0.1, 0.15) is 46.0 Å². The fourth-order valence-electron chi connectivity index (χ4n) is 4.86. The summed E-state index contributed by atoms with van der Waals surface area (Å²) in [5, 5.41) is 0. The van der Waals surface area contributed by atoms with E-state index in [9.17, 15) is 13.2 Å². The van der Waals surface area contributed by atoms with E-state index in [0.29, 0.717) is 35.6 Å². The van der Waals surface area contributed by atoms with Crippen LogP contribution in [0.5, 0.6) is 0 Å². The number of nitrogens with one attached hydrogen (secondary N) is 1. The lowest BCUT2D eigenvalue weighted by Gasteiger charge is -2.23.